The minimum atomic E-state index is -3.30. The molecule has 0 bridgehead atoms. The average molecular weight is 471 g/mol. The second-order valence-corrected chi connectivity index (χ2v) is 10.5. The van der Waals surface area contributed by atoms with Crippen LogP contribution in [-0.4, -0.2) is 44.0 Å². The Kier molecular flexibility index (Phi) is 8.16. The van der Waals surface area contributed by atoms with Gasteiger partial charge in [-0.1, -0.05) is 29.8 Å². The van der Waals surface area contributed by atoms with E-state index in [0.717, 1.165) is 12.8 Å². The van der Waals surface area contributed by atoms with Gasteiger partial charge in [-0.05, 0) is 42.7 Å². The summed E-state index contributed by atoms with van der Waals surface area (Å²) < 4.78 is 40.0. The van der Waals surface area contributed by atoms with Crippen LogP contribution in [0, 0.1) is 5.82 Å². The average Bonchev–Trinajstić information content (AvgIpc) is 3.26. The molecule has 1 aliphatic rings. The first-order valence-corrected chi connectivity index (χ1v) is 12.9. The zero-order valence-electron chi connectivity index (χ0n) is 16.4. The molecule has 0 atom stereocenters. The molecule has 5 nitrogen and oxygen atoms in total. The van der Waals surface area contributed by atoms with Crippen molar-refractivity contribution < 1.29 is 17.6 Å². The van der Waals surface area contributed by atoms with Gasteiger partial charge in [0.05, 0.1) is 5.75 Å². The van der Waals surface area contributed by atoms with Crippen molar-refractivity contribution in [2.45, 2.75) is 24.3 Å². The van der Waals surface area contributed by atoms with Crippen molar-refractivity contribution in [2.75, 3.05) is 25.4 Å². The second kappa shape index (κ2) is 10.6. The number of benzene rings is 2. The Labute approximate surface area is 186 Å². The van der Waals surface area contributed by atoms with Crippen molar-refractivity contribution in [3.05, 3.63) is 70.0 Å². The van der Waals surface area contributed by atoms with E-state index in [9.17, 15) is 17.6 Å². The van der Waals surface area contributed by atoms with Gasteiger partial charge in [-0.2, -0.15) is 11.8 Å². The van der Waals surface area contributed by atoms with Gasteiger partial charge in [-0.3, -0.25) is 4.79 Å². The van der Waals surface area contributed by atoms with Crippen LogP contribution in [0.15, 0.2) is 42.5 Å². The standard InChI is InChI=1S/C21H24ClFN2O3S2/c22-19-4-3-5-20(23)18(19)14-29-13-10-24-21(26)17-8-6-16(7-9-17)15-30(27,28)25-11-1-2-12-25/h3-9H,1-2,10-15H2,(H,24,26). The molecule has 3 rings (SSSR count). The normalized spacial score (nSPS) is 14.7. The fraction of sp³-hybridized carbons (Fsp3) is 0.381. The molecule has 9 heteroatoms. The Hall–Kier alpha value is -1.61. The van der Waals surface area contributed by atoms with Crippen LogP contribution in [0.3, 0.4) is 0 Å². The quantitative estimate of drug-likeness (QED) is 0.561. The van der Waals surface area contributed by atoms with E-state index in [1.165, 1.54) is 22.1 Å². The molecule has 1 aliphatic heterocycles. The molecule has 0 aromatic heterocycles. The lowest BCUT2D eigenvalue weighted by atomic mass is 10.1. The molecule has 2 aromatic rings. The molecule has 0 aliphatic carbocycles. The van der Waals surface area contributed by atoms with Gasteiger partial charge in [0, 0.05) is 47.3 Å². The summed E-state index contributed by atoms with van der Waals surface area (Å²) in [6.07, 6.45) is 1.81. The number of carbonyl (C=O) groups excluding carboxylic acids is 1. The molecule has 2 aromatic carbocycles. The number of halogens is 2. The number of carbonyl (C=O) groups is 1. The topological polar surface area (TPSA) is 66.5 Å². The molecule has 162 valence electrons. The zero-order valence-corrected chi connectivity index (χ0v) is 18.8. The first-order chi connectivity index (χ1) is 14.4. The molecule has 1 amide bonds. The third-order valence-corrected chi connectivity index (χ3v) is 8.05. The third-order valence-electron chi connectivity index (χ3n) is 4.86. The van der Waals surface area contributed by atoms with Crippen molar-refractivity contribution >= 4 is 39.3 Å². The summed E-state index contributed by atoms with van der Waals surface area (Å²) >= 11 is 7.48. The summed E-state index contributed by atoms with van der Waals surface area (Å²) in [6.45, 7) is 1.61. The molecular weight excluding hydrogens is 447 g/mol. The molecule has 1 heterocycles. The smallest absolute Gasteiger partial charge is 0.251 e. The number of nitrogens with zero attached hydrogens (tertiary/aromatic N) is 1. The van der Waals surface area contributed by atoms with Crippen LogP contribution >= 0.6 is 23.4 Å². The Morgan fingerprint density at radius 2 is 1.83 bits per heavy atom. The van der Waals surface area contributed by atoms with Crippen molar-refractivity contribution in [2.24, 2.45) is 0 Å². The Morgan fingerprint density at radius 1 is 1.13 bits per heavy atom. The van der Waals surface area contributed by atoms with Gasteiger partial charge in [0.1, 0.15) is 5.82 Å². The van der Waals surface area contributed by atoms with Gasteiger partial charge in [0.2, 0.25) is 10.0 Å². The maximum Gasteiger partial charge on any atom is 0.251 e. The van der Waals surface area contributed by atoms with E-state index in [1.54, 1.807) is 36.4 Å². The molecule has 30 heavy (non-hydrogen) atoms. The minimum Gasteiger partial charge on any atom is -0.351 e. The van der Waals surface area contributed by atoms with Crippen molar-refractivity contribution in [3.8, 4) is 0 Å². The molecule has 1 N–H and O–H groups in total. The zero-order chi connectivity index (χ0) is 21.6. The van der Waals surface area contributed by atoms with Gasteiger partial charge in [0.15, 0.2) is 0 Å². The monoisotopic (exact) mass is 470 g/mol. The molecule has 0 saturated carbocycles. The Bertz CT molecular complexity index is 958. The summed E-state index contributed by atoms with van der Waals surface area (Å²) in [6, 6.07) is 11.2. The van der Waals surface area contributed by atoms with E-state index in [0.29, 0.717) is 52.9 Å². The summed E-state index contributed by atoms with van der Waals surface area (Å²) in [5.41, 5.74) is 1.60. The number of nitrogens with one attached hydrogen (secondary N) is 1. The van der Waals surface area contributed by atoms with Crippen LogP contribution in [0.1, 0.15) is 34.3 Å². The fourth-order valence-corrected chi connectivity index (χ4v) is 6.01. The maximum atomic E-state index is 13.7. The van der Waals surface area contributed by atoms with Gasteiger partial charge in [0.25, 0.3) is 5.91 Å². The van der Waals surface area contributed by atoms with E-state index in [1.807, 2.05) is 0 Å². The van der Waals surface area contributed by atoms with E-state index in [4.69, 9.17) is 11.6 Å². The van der Waals surface area contributed by atoms with E-state index in [2.05, 4.69) is 5.32 Å². The fourth-order valence-electron chi connectivity index (χ4n) is 3.20. The SMILES string of the molecule is O=C(NCCSCc1c(F)cccc1Cl)c1ccc(CS(=O)(=O)N2CCCC2)cc1. The number of rotatable bonds is 9. The minimum absolute atomic E-state index is 0.0514. The lowest BCUT2D eigenvalue weighted by Crippen LogP contribution is -2.29. The summed E-state index contributed by atoms with van der Waals surface area (Å²) in [5, 5.41) is 3.22. The van der Waals surface area contributed by atoms with Crippen molar-refractivity contribution in [1.82, 2.24) is 9.62 Å². The van der Waals surface area contributed by atoms with Crippen molar-refractivity contribution in [1.29, 1.82) is 0 Å². The van der Waals surface area contributed by atoms with Crippen LogP contribution in [0.25, 0.3) is 0 Å². The van der Waals surface area contributed by atoms with E-state index in [-0.39, 0.29) is 17.5 Å². The Morgan fingerprint density at radius 3 is 2.50 bits per heavy atom. The van der Waals surface area contributed by atoms with Crippen LogP contribution in [0.5, 0.6) is 0 Å². The molecule has 0 radical (unpaired) electrons. The Balaban J connectivity index is 1.43. The number of hydrogen-bond donors (Lipinski definition) is 1. The molecule has 1 fully saturated rings. The summed E-state index contributed by atoms with van der Waals surface area (Å²) in [4.78, 5) is 12.3. The van der Waals surface area contributed by atoms with Crippen molar-refractivity contribution in [3.63, 3.8) is 0 Å². The summed E-state index contributed by atoms with van der Waals surface area (Å²) in [7, 11) is -3.30. The molecule has 1 saturated heterocycles. The lowest BCUT2D eigenvalue weighted by molar-refractivity contribution is 0.0956. The first-order valence-electron chi connectivity index (χ1n) is 9.72. The van der Waals surface area contributed by atoms with Crippen LogP contribution in [0.2, 0.25) is 5.02 Å². The second-order valence-electron chi connectivity index (χ2n) is 7.07. The van der Waals surface area contributed by atoms with Crippen LogP contribution < -0.4 is 5.32 Å². The predicted molar refractivity (Wildman–Crippen MR) is 120 cm³/mol. The maximum absolute atomic E-state index is 13.7. The van der Waals surface area contributed by atoms with E-state index < -0.39 is 10.0 Å². The number of thioether (sulfide) groups is 1. The van der Waals surface area contributed by atoms with E-state index >= 15 is 0 Å². The molecule has 0 spiro atoms. The van der Waals surface area contributed by atoms with Gasteiger partial charge < -0.3 is 5.32 Å². The highest BCUT2D eigenvalue weighted by molar-refractivity contribution is 7.98. The lowest BCUT2D eigenvalue weighted by Gasteiger charge is -2.15. The van der Waals surface area contributed by atoms with Gasteiger partial charge in [-0.25, -0.2) is 17.1 Å². The van der Waals surface area contributed by atoms with Crippen LogP contribution in [-0.2, 0) is 21.5 Å². The number of amides is 1. The largest absolute Gasteiger partial charge is 0.351 e. The highest BCUT2D eigenvalue weighted by Gasteiger charge is 2.25. The van der Waals surface area contributed by atoms with Gasteiger partial charge >= 0.3 is 0 Å². The highest BCUT2D eigenvalue weighted by atomic mass is 35.5. The predicted octanol–water partition coefficient (Wildman–Crippen LogP) is 4.07. The van der Waals surface area contributed by atoms with Crippen LogP contribution in [0.4, 0.5) is 4.39 Å². The first kappa shape index (κ1) is 23.1. The van der Waals surface area contributed by atoms with Gasteiger partial charge in [-0.15, -0.1) is 0 Å². The number of sulfonamides is 1. The third kappa shape index (κ3) is 6.20. The number of hydrogen-bond acceptors (Lipinski definition) is 4. The highest BCUT2D eigenvalue weighted by Crippen LogP contribution is 2.23. The molecular formula is C21H24ClFN2O3S2. The summed E-state index contributed by atoms with van der Waals surface area (Å²) in [5.74, 6) is 0.438. The molecule has 0 unspecified atom stereocenters.